The van der Waals surface area contributed by atoms with Gasteiger partial charge in [0.05, 0.1) is 6.04 Å². The molecule has 23 heavy (non-hydrogen) atoms. The Morgan fingerprint density at radius 1 is 1.43 bits per heavy atom. The molecule has 1 aliphatic rings. The van der Waals surface area contributed by atoms with Crippen molar-refractivity contribution in [1.82, 2.24) is 14.8 Å². The maximum absolute atomic E-state index is 12.5. The zero-order chi connectivity index (χ0) is 16.6. The van der Waals surface area contributed by atoms with E-state index in [9.17, 15) is 4.79 Å². The summed E-state index contributed by atoms with van der Waals surface area (Å²) in [5.41, 5.74) is 2.04. The third-order valence-electron chi connectivity index (χ3n) is 4.35. The number of hydrogen-bond acceptors (Lipinski definition) is 4. The van der Waals surface area contributed by atoms with Gasteiger partial charge in [0.25, 0.3) is 0 Å². The molecule has 0 aliphatic carbocycles. The van der Waals surface area contributed by atoms with E-state index in [0.717, 1.165) is 12.2 Å². The lowest BCUT2D eigenvalue weighted by molar-refractivity contribution is -0.127. The maximum atomic E-state index is 12.5. The van der Waals surface area contributed by atoms with Gasteiger partial charge in [-0.3, -0.25) is 4.79 Å². The molecule has 122 valence electrons. The summed E-state index contributed by atoms with van der Waals surface area (Å²) in [7, 11) is 0. The van der Waals surface area contributed by atoms with E-state index in [1.165, 1.54) is 17.5 Å². The largest absolute Gasteiger partial charge is 0.488 e. The Labute approximate surface area is 136 Å². The Kier molecular flexibility index (Phi) is 3.96. The van der Waals surface area contributed by atoms with Crippen LogP contribution in [0.5, 0.6) is 5.75 Å². The number of ether oxygens (including phenoxy) is 1. The van der Waals surface area contributed by atoms with Crippen LogP contribution in [0.3, 0.4) is 0 Å². The molecule has 0 radical (unpaired) electrons. The van der Waals surface area contributed by atoms with Crippen molar-refractivity contribution in [1.29, 1.82) is 0 Å². The van der Waals surface area contributed by atoms with E-state index < -0.39 is 0 Å². The molecule has 0 spiro atoms. The highest BCUT2D eigenvalue weighted by atomic mass is 16.5. The predicted molar refractivity (Wildman–Crippen MR) is 87.4 cm³/mol. The van der Waals surface area contributed by atoms with Crippen LogP contribution < -0.4 is 4.74 Å². The van der Waals surface area contributed by atoms with Gasteiger partial charge in [0.1, 0.15) is 30.3 Å². The number of nitrogens with zero attached hydrogens (tertiary/aromatic N) is 3. The standard InChI is InChI=1S/C18H23N3O2/c1-12-5-6-15-13(7-12)8-16(23-15)14(21-11-19-10-20-21)9-17(22)18(2,3)4/h5-7,10-11,14,16H,8-9H2,1-4H3. The lowest BCUT2D eigenvalue weighted by Crippen LogP contribution is -2.33. The number of aryl methyl sites for hydroxylation is 1. The van der Waals surface area contributed by atoms with Gasteiger partial charge < -0.3 is 4.74 Å². The number of Topliss-reactive ketones (excluding diaryl/α,β-unsaturated/α-hetero) is 1. The monoisotopic (exact) mass is 313 g/mol. The van der Waals surface area contributed by atoms with Crippen LogP contribution in [0, 0.1) is 12.3 Å². The molecule has 0 saturated carbocycles. The molecule has 2 unspecified atom stereocenters. The lowest BCUT2D eigenvalue weighted by Gasteiger charge is -2.26. The van der Waals surface area contributed by atoms with E-state index in [1.807, 2.05) is 32.9 Å². The van der Waals surface area contributed by atoms with Gasteiger partial charge in [-0.25, -0.2) is 9.67 Å². The number of benzene rings is 1. The summed E-state index contributed by atoms with van der Waals surface area (Å²) in [6, 6.07) is 6.07. The fraction of sp³-hybridized carbons (Fsp3) is 0.500. The summed E-state index contributed by atoms with van der Waals surface area (Å²) >= 11 is 0. The van der Waals surface area contributed by atoms with Crippen molar-refractivity contribution in [2.24, 2.45) is 5.41 Å². The van der Waals surface area contributed by atoms with Crippen molar-refractivity contribution in [3.05, 3.63) is 42.0 Å². The first-order chi connectivity index (χ1) is 10.8. The summed E-state index contributed by atoms with van der Waals surface area (Å²) in [6.45, 7) is 7.91. The molecule has 1 aromatic carbocycles. The second-order valence-electron chi connectivity index (χ2n) is 7.29. The summed E-state index contributed by atoms with van der Waals surface area (Å²) in [5.74, 6) is 1.11. The highest BCUT2D eigenvalue weighted by Crippen LogP contribution is 2.36. The van der Waals surface area contributed by atoms with Gasteiger partial charge >= 0.3 is 0 Å². The molecule has 2 aromatic rings. The normalized spacial score (nSPS) is 18.3. The minimum atomic E-state index is -0.374. The molecule has 2 atom stereocenters. The second-order valence-corrected chi connectivity index (χ2v) is 7.29. The van der Waals surface area contributed by atoms with Crippen LogP contribution in [0.25, 0.3) is 0 Å². The van der Waals surface area contributed by atoms with Crippen LogP contribution in [0.15, 0.2) is 30.9 Å². The molecule has 1 aromatic heterocycles. The Balaban J connectivity index is 1.85. The maximum Gasteiger partial charge on any atom is 0.140 e. The molecule has 0 N–H and O–H groups in total. The summed E-state index contributed by atoms with van der Waals surface area (Å²) in [6.07, 6.45) is 4.25. The van der Waals surface area contributed by atoms with Gasteiger partial charge in [-0.2, -0.15) is 5.10 Å². The average molecular weight is 313 g/mol. The molecule has 0 fully saturated rings. The van der Waals surface area contributed by atoms with Gasteiger partial charge in [0, 0.05) is 18.3 Å². The van der Waals surface area contributed by atoms with Crippen molar-refractivity contribution in [2.45, 2.75) is 52.7 Å². The van der Waals surface area contributed by atoms with Crippen molar-refractivity contribution < 1.29 is 9.53 Å². The number of hydrogen-bond donors (Lipinski definition) is 0. The molecule has 0 bridgehead atoms. The van der Waals surface area contributed by atoms with E-state index in [0.29, 0.717) is 6.42 Å². The molecule has 2 heterocycles. The van der Waals surface area contributed by atoms with E-state index in [4.69, 9.17) is 4.74 Å². The number of fused-ring (bicyclic) bond motifs is 1. The Bertz CT molecular complexity index is 702. The van der Waals surface area contributed by atoms with Crippen molar-refractivity contribution in [2.75, 3.05) is 0 Å². The summed E-state index contributed by atoms with van der Waals surface area (Å²) < 4.78 is 7.88. The van der Waals surface area contributed by atoms with Crippen LogP contribution in [-0.2, 0) is 11.2 Å². The van der Waals surface area contributed by atoms with Gasteiger partial charge in [0.2, 0.25) is 0 Å². The Hall–Kier alpha value is -2.17. The number of carbonyl (C=O) groups is 1. The smallest absolute Gasteiger partial charge is 0.140 e. The van der Waals surface area contributed by atoms with Gasteiger partial charge in [-0.1, -0.05) is 38.5 Å². The van der Waals surface area contributed by atoms with E-state index in [1.54, 1.807) is 11.0 Å². The molecule has 3 rings (SSSR count). The zero-order valence-corrected chi connectivity index (χ0v) is 14.1. The quantitative estimate of drug-likeness (QED) is 0.870. The van der Waals surface area contributed by atoms with Gasteiger partial charge in [-0.15, -0.1) is 0 Å². The Morgan fingerprint density at radius 2 is 2.22 bits per heavy atom. The second kappa shape index (κ2) is 5.80. The van der Waals surface area contributed by atoms with Crippen molar-refractivity contribution in [3.8, 4) is 5.75 Å². The van der Waals surface area contributed by atoms with Crippen LogP contribution in [-0.4, -0.2) is 26.7 Å². The third kappa shape index (κ3) is 3.28. The molecular weight excluding hydrogens is 290 g/mol. The van der Waals surface area contributed by atoms with Crippen LogP contribution in [0.2, 0.25) is 0 Å². The molecule has 5 nitrogen and oxygen atoms in total. The van der Waals surface area contributed by atoms with E-state index in [-0.39, 0.29) is 23.3 Å². The first kappa shape index (κ1) is 15.7. The summed E-state index contributed by atoms with van der Waals surface area (Å²) in [4.78, 5) is 16.6. The third-order valence-corrected chi connectivity index (χ3v) is 4.35. The van der Waals surface area contributed by atoms with Crippen LogP contribution in [0.1, 0.15) is 44.4 Å². The average Bonchev–Trinajstić information content (AvgIpc) is 3.12. The molecule has 0 amide bonds. The van der Waals surface area contributed by atoms with Crippen molar-refractivity contribution in [3.63, 3.8) is 0 Å². The van der Waals surface area contributed by atoms with Gasteiger partial charge in [-0.05, 0) is 18.6 Å². The van der Waals surface area contributed by atoms with Crippen molar-refractivity contribution >= 4 is 5.78 Å². The number of aromatic nitrogens is 3. The highest BCUT2D eigenvalue weighted by molar-refractivity contribution is 5.84. The number of rotatable bonds is 4. The molecule has 5 heteroatoms. The predicted octanol–water partition coefficient (Wildman–Crippen LogP) is 3.14. The zero-order valence-electron chi connectivity index (χ0n) is 14.1. The molecule has 0 saturated heterocycles. The fourth-order valence-corrected chi connectivity index (χ4v) is 2.90. The number of carbonyl (C=O) groups excluding carboxylic acids is 1. The lowest BCUT2D eigenvalue weighted by atomic mass is 9.85. The highest BCUT2D eigenvalue weighted by Gasteiger charge is 2.35. The summed E-state index contributed by atoms with van der Waals surface area (Å²) in [5, 5.41) is 4.25. The Morgan fingerprint density at radius 3 is 2.87 bits per heavy atom. The van der Waals surface area contributed by atoms with Crippen LogP contribution in [0.4, 0.5) is 0 Å². The van der Waals surface area contributed by atoms with Crippen LogP contribution >= 0.6 is 0 Å². The molecule has 1 aliphatic heterocycles. The van der Waals surface area contributed by atoms with E-state index >= 15 is 0 Å². The minimum absolute atomic E-state index is 0.0974. The number of ketones is 1. The SMILES string of the molecule is Cc1ccc2c(c1)CC(C(CC(=O)C(C)(C)C)n1cncn1)O2. The minimum Gasteiger partial charge on any atom is -0.488 e. The first-order valence-corrected chi connectivity index (χ1v) is 7.98. The molecular formula is C18H23N3O2. The first-order valence-electron chi connectivity index (χ1n) is 7.98. The van der Waals surface area contributed by atoms with Gasteiger partial charge in [0.15, 0.2) is 0 Å². The topological polar surface area (TPSA) is 57.0 Å². The van der Waals surface area contributed by atoms with E-state index in [2.05, 4.69) is 23.1 Å². The fourth-order valence-electron chi connectivity index (χ4n) is 2.90.